The molecule has 0 spiro atoms. The Bertz CT molecular complexity index is 499. The second kappa shape index (κ2) is 6.73. The molecule has 0 heterocycles. The van der Waals surface area contributed by atoms with E-state index in [0.29, 0.717) is 18.7 Å². The highest BCUT2D eigenvalue weighted by atomic mass is 35.5. The maximum absolute atomic E-state index is 13.2. The third-order valence-corrected chi connectivity index (χ3v) is 3.28. The molecule has 2 rings (SSSR count). The standard InChI is InChI=1S/C15H17ClFNO/c16-12-4-1-3-11(9-12)15(7-8-18)19-14-6-2-5-13(17)10-14/h2,4-6,9-10,15H,1,3,7-8,18H2. The zero-order chi connectivity index (χ0) is 13.7. The number of hydrogen-bond donors (Lipinski definition) is 1. The first-order chi connectivity index (χ1) is 9.19. The highest BCUT2D eigenvalue weighted by Crippen LogP contribution is 2.27. The molecule has 2 nitrogen and oxygen atoms in total. The number of halogens is 2. The summed E-state index contributed by atoms with van der Waals surface area (Å²) in [6.07, 6.45) is 6.24. The summed E-state index contributed by atoms with van der Waals surface area (Å²) in [4.78, 5) is 0. The molecule has 1 unspecified atom stereocenters. The monoisotopic (exact) mass is 281 g/mol. The van der Waals surface area contributed by atoms with Crippen molar-refractivity contribution in [2.24, 2.45) is 5.73 Å². The Labute approximate surface area is 117 Å². The topological polar surface area (TPSA) is 35.2 Å². The van der Waals surface area contributed by atoms with Gasteiger partial charge in [-0.1, -0.05) is 23.7 Å². The lowest BCUT2D eigenvalue weighted by molar-refractivity contribution is 0.223. The van der Waals surface area contributed by atoms with Gasteiger partial charge in [-0.15, -0.1) is 0 Å². The first kappa shape index (κ1) is 14.1. The molecule has 1 aromatic rings. The van der Waals surface area contributed by atoms with E-state index in [9.17, 15) is 4.39 Å². The Kier molecular flexibility index (Phi) is 5.00. The van der Waals surface area contributed by atoms with Crippen LogP contribution in [0.15, 0.2) is 47.0 Å². The predicted octanol–water partition coefficient (Wildman–Crippen LogP) is 3.76. The van der Waals surface area contributed by atoms with Crippen LogP contribution in [0.2, 0.25) is 0 Å². The average Bonchev–Trinajstić information content (AvgIpc) is 2.38. The zero-order valence-electron chi connectivity index (χ0n) is 10.6. The zero-order valence-corrected chi connectivity index (χ0v) is 11.4. The number of rotatable bonds is 5. The van der Waals surface area contributed by atoms with Crippen molar-refractivity contribution in [1.29, 1.82) is 0 Å². The van der Waals surface area contributed by atoms with Gasteiger partial charge in [0.25, 0.3) is 0 Å². The molecule has 0 aromatic heterocycles. The number of ether oxygens (including phenoxy) is 1. The van der Waals surface area contributed by atoms with Gasteiger partial charge in [0.05, 0.1) is 0 Å². The van der Waals surface area contributed by atoms with Crippen molar-refractivity contribution < 1.29 is 9.13 Å². The van der Waals surface area contributed by atoms with Crippen LogP contribution in [-0.4, -0.2) is 12.6 Å². The first-order valence-electron chi connectivity index (χ1n) is 6.37. The summed E-state index contributed by atoms with van der Waals surface area (Å²) in [5.74, 6) is 0.213. The van der Waals surface area contributed by atoms with E-state index in [-0.39, 0.29) is 11.9 Å². The van der Waals surface area contributed by atoms with Gasteiger partial charge in [0.15, 0.2) is 0 Å². The van der Waals surface area contributed by atoms with Crippen LogP contribution in [0.5, 0.6) is 5.75 Å². The van der Waals surface area contributed by atoms with E-state index < -0.39 is 0 Å². The molecule has 0 amide bonds. The lowest BCUT2D eigenvalue weighted by atomic mass is 9.97. The summed E-state index contributed by atoms with van der Waals surface area (Å²) in [6, 6.07) is 6.15. The molecule has 1 aliphatic rings. The van der Waals surface area contributed by atoms with Gasteiger partial charge in [0, 0.05) is 17.5 Å². The quantitative estimate of drug-likeness (QED) is 0.892. The SMILES string of the molecule is NCCC(Oc1cccc(F)c1)C1=CC(Cl)=CCC1. The second-order valence-corrected chi connectivity index (χ2v) is 4.92. The van der Waals surface area contributed by atoms with Crippen molar-refractivity contribution in [3.63, 3.8) is 0 Å². The van der Waals surface area contributed by atoms with Crippen LogP contribution in [-0.2, 0) is 0 Å². The summed E-state index contributed by atoms with van der Waals surface area (Å²) in [7, 11) is 0. The van der Waals surface area contributed by atoms with E-state index in [1.165, 1.54) is 12.1 Å². The molecule has 0 bridgehead atoms. The molecule has 0 saturated heterocycles. The van der Waals surface area contributed by atoms with E-state index >= 15 is 0 Å². The molecule has 1 aliphatic carbocycles. The average molecular weight is 282 g/mol. The molecule has 0 aliphatic heterocycles. The highest BCUT2D eigenvalue weighted by molar-refractivity contribution is 6.31. The van der Waals surface area contributed by atoms with Gasteiger partial charge in [-0.2, -0.15) is 0 Å². The van der Waals surface area contributed by atoms with Crippen LogP contribution in [0.1, 0.15) is 19.3 Å². The Hall–Kier alpha value is -1.32. The maximum Gasteiger partial charge on any atom is 0.126 e. The molecule has 0 fully saturated rings. The van der Waals surface area contributed by atoms with Crippen molar-refractivity contribution in [3.05, 3.63) is 52.8 Å². The molecule has 1 atom stereocenters. The highest BCUT2D eigenvalue weighted by Gasteiger charge is 2.17. The molecule has 102 valence electrons. The Morgan fingerprint density at radius 3 is 2.95 bits per heavy atom. The minimum absolute atomic E-state index is 0.144. The third kappa shape index (κ3) is 4.08. The van der Waals surface area contributed by atoms with Crippen molar-refractivity contribution in [1.82, 2.24) is 0 Å². The van der Waals surface area contributed by atoms with Crippen molar-refractivity contribution in [3.8, 4) is 5.75 Å². The number of benzene rings is 1. The number of hydrogen-bond acceptors (Lipinski definition) is 2. The molecule has 0 saturated carbocycles. The number of nitrogens with two attached hydrogens (primary N) is 1. The summed E-state index contributed by atoms with van der Waals surface area (Å²) < 4.78 is 19.0. The van der Waals surface area contributed by atoms with Crippen molar-refractivity contribution >= 4 is 11.6 Å². The van der Waals surface area contributed by atoms with Gasteiger partial charge in [-0.05, 0) is 43.2 Å². The lowest BCUT2D eigenvalue weighted by Gasteiger charge is -2.23. The number of allylic oxidation sites excluding steroid dienone is 3. The van der Waals surface area contributed by atoms with Crippen LogP contribution >= 0.6 is 11.6 Å². The van der Waals surface area contributed by atoms with Gasteiger partial charge >= 0.3 is 0 Å². The van der Waals surface area contributed by atoms with E-state index in [1.54, 1.807) is 12.1 Å². The van der Waals surface area contributed by atoms with Gasteiger partial charge in [0.2, 0.25) is 0 Å². The van der Waals surface area contributed by atoms with Gasteiger partial charge < -0.3 is 10.5 Å². The van der Waals surface area contributed by atoms with Gasteiger partial charge in [0.1, 0.15) is 17.7 Å². The van der Waals surface area contributed by atoms with E-state index in [0.717, 1.165) is 23.4 Å². The largest absolute Gasteiger partial charge is 0.486 e. The fourth-order valence-corrected chi connectivity index (χ4v) is 2.36. The lowest BCUT2D eigenvalue weighted by Crippen LogP contribution is -2.24. The molecule has 1 aromatic carbocycles. The van der Waals surface area contributed by atoms with Crippen molar-refractivity contribution in [2.45, 2.75) is 25.4 Å². The third-order valence-electron chi connectivity index (χ3n) is 3.01. The normalized spacial score (nSPS) is 16.6. The van der Waals surface area contributed by atoms with Crippen LogP contribution < -0.4 is 10.5 Å². The molecule has 0 radical (unpaired) electrons. The maximum atomic E-state index is 13.2. The summed E-state index contributed by atoms with van der Waals surface area (Å²) >= 11 is 6.02. The Morgan fingerprint density at radius 1 is 1.42 bits per heavy atom. The summed E-state index contributed by atoms with van der Waals surface area (Å²) in [6.45, 7) is 0.513. The Morgan fingerprint density at radius 2 is 2.26 bits per heavy atom. The van der Waals surface area contributed by atoms with Gasteiger partial charge in [-0.25, -0.2) is 4.39 Å². The minimum Gasteiger partial charge on any atom is -0.486 e. The fraction of sp³-hybridized carbons (Fsp3) is 0.333. The summed E-state index contributed by atoms with van der Waals surface area (Å²) in [5, 5.41) is 0.728. The van der Waals surface area contributed by atoms with Crippen molar-refractivity contribution in [2.75, 3.05) is 6.54 Å². The van der Waals surface area contributed by atoms with Crippen LogP contribution in [0, 0.1) is 5.82 Å². The molecule has 4 heteroatoms. The minimum atomic E-state index is -0.306. The van der Waals surface area contributed by atoms with Crippen LogP contribution in [0.3, 0.4) is 0 Å². The van der Waals surface area contributed by atoms with E-state index in [2.05, 4.69) is 0 Å². The van der Waals surface area contributed by atoms with E-state index in [4.69, 9.17) is 22.1 Å². The smallest absolute Gasteiger partial charge is 0.126 e. The Balaban J connectivity index is 2.14. The van der Waals surface area contributed by atoms with E-state index in [1.807, 2.05) is 12.2 Å². The molecule has 19 heavy (non-hydrogen) atoms. The van der Waals surface area contributed by atoms with Crippen LogP contribution in [0.4, 0.5) is 4.39 Å². The molecular formula is C15H17ClFNO. The molecular weight excluding hydrogens is 265 g/mol. The fourth-order valence-electron chi connectivity index (χ4n) is 2.11. The first-order valence-corrected chi connectivity index (χ1v) is 6.75. The van der Waals surface area contributed by atoms with Crippen LogP contribution in [0.25, 0.3) is 0 Å². The van der Waals surface area contributed by atoms with Gasteiger partial charge in [-0.3, -0.25) is 0 Å². The summed E-state index contributed by atoms with van der Waals surface area (Å²) in [5.41, 5.74) is 6.74. The second-order valence-electron chi connectivity index (χ2n) is 4.49. The molecule has 2 N–H and O–H groups in total. The predicted molar refractivity (Wildman–Crippen MR) is 75.7 cm³/mol.